The highest BCUT2D eigenvalue weighted by molar-refractivity contribution is 7.89. The van der Waals surface area contributed by atoms with Gasteiger partial charge in [-0.2, -0.15) is 0 Å². The van der Waals surface area contributed by atoms with Gasteiger partial charge in [-0.1, -0.05) is 12.1 Å². The van der Waals surface area contributed by atoms with Gasteiger partial charge in [0.15, 0.2) is 5.82 Å². The normalized spacial score (nSPS) is 21.3. The summed E-state index contributed by atoms with van der Waals surface area (Å²) in [5.74, 6) is 2.21. The number of hydrogen-bond donors (Lipinski definition) is 2. The molecule has 3 aliphatic rings. The molecule has 232 valence electrons. The molecule has 8 rings (SSSR count). The lowest BCUT2D eigenvalue weighted by Crippen LogP contribution is -2.41. The number of piperidine rings is 1. The molecule has 0 spiro atoms. The molecule has 2 aromatic carbocycles. The van der Waals surface area contributed by atoms with E-state index in [0.717, 1.165) is 60.3 Å². The molecule has 12 heteroatoms. The molecule has 1 saturated heterocycles. The molecule has 3 aromatic heterocycles. The molecule has 2 bridgehead atoms. The van der Waals surface area contributed by atoms with Crippen LogP contribution in [0.4, 0.5) is 0 Å². The van der Waals surface area contributed by atoms with E-state index in [1.807, 2.05) is 46.8 Å². The zero-order valence-corrected chi connectivity index (χ0v) is 26.0. The van der Waals surface area contributed by atoms with Crippen molar-refractivity contribution in [3.63, 3.8) is 0 Å². The Morgan fingerprint density at radius 1 is 1.04 bits per heavy atom. The molecule has 4 N–H and O–H groups in total. The fourth-order valence-electron chi connectivity index (χ4n) is 7.32. The van der Waals surface area contributed by atoms with Crippen LogP contribution >= 0.6 is 0 Å². The standard InChI is InChI=1S/C33H35N7O4S/c1-38-30-25(13-22(15-28(30)44-2)33(41)40-17-21-9-11-26(40)29(21)34)37-32(38)27-14-20-8-10-24(36-31(20)39(27)16-18-6-7-18)19-4-3-5-23(12-19)45(35,42)43/h3-5,8,10,12-15,18,21,26,29H,6-7,9,11,16-17,34H2,1-2H3,(H2,35,42,43). The summed E-state index contributed by atoms with van der Waals surface area (Å²) < 4.78 is 34.1. The number of rotatable bonds is 7. The molecule has 3 fully saturated rings. The number of aromatic nitrogens is 4. The SMILES string of the molecule is COc1cc(C(=O)N2CC3CCC2C3N)cc2nc(-c3cc4ccc(-c5cccc(S(N)(=O)=O)c5)nc4n3CC3CC3)n(C)c12. The molecular weight excluding hydrogens is 590 g/mol. The third kappa shape index (κ3) is 4.62. The van der Waals surface area contributed by atoms with Gasteiger partial charge in [0, 0.05) is 48.7 Å². The fraction of sp³-hybridized carbons (Fsp3) is 0.364. The lowest BCUT2D eigenvalue weighted by Gasteiger charge is -2.27. The van der Waals surface area contributed by atoms with E-state index in [-0.39, 0.29) is 22.9 Å². The Morgan fingerprint density at radius 3 is 2.56 bits per heavy atom. The van der Waals surface area contributed by atoms with Crippen LogP contribution in [0.3, 0.4) is 0 Å². The quantitative estimate of drug-likeness (QED) is 0.279. The van der Waals surface area contributed by atoms with Crippen LogP contribution in [0, 0.1) is 11.8 Å². The summed E-state index contributed by atoms with van der Waals surface area (Å²) in [4.78, 5) is 25.8. The van der Waals surface area contributed by atoms with Crippen molar-refractivity contribution in [1.29, 1.82) is 0 Å². The Balaban J connectivity index is 1.24. The predicted molar refractivity (Wildman–Crippen MR) is 171 cm³/mol. The van der Waals surface area contributed by atoms with Gasteiger partial charge < -0.3 is 24.5 Å². The second kappa shape index (κ2) is 10.1. The molecule has 1 amide bonds. The first kappa shape index (κ1) is 28.2. The van der Waals surface area contributed by atoms with Gasteiger partial charge in [0.05, 0.1) is 28.9 Å². The number of sulfonamides is 1. The zero-order chi connectivity index (χ0) is 31.2. The van der Waals surface area contributed by atoms with Crippen LogP contribution in [0.1, 0.15) is 36.0 Å². The minimum absolute atomic E-state index is 0.0314. The summed E-state index contributed by atoms with van der Waals surface area (Å²) in [6.07, 6.45) is 4.33. The highest BCUT2D eigenvalue weighted by Gasteiger charge is 2.47. The Kier molecular flexibility index (Phi) is 6.35. The number of nitrogens with two attached hydrogens (primary N) is 2. The number of carbonyl (C=O) groups is 1. The van der Waals surface area contributed by atoms with E-state index in [1.54, 1.807) is 19.2 Å². The largest absolute Gasteiger partial charge is 0.494 e. The number of carbonyl (C=O) groups excluding carboxylic acids is 1. The van der Waals surface area contributed by atoms with Crippen molar-refractivity contribution < 1.29 is 17.9 Å². The minimum atomic E-state index is -3.85. The number of imidazole rings is 1. The summed E-state index contributed by atoms with van der Waals surface area (Å²) in [5.41, 5.74) is 11.5. The van der Waals surface area contributed by atoms with E-state index in [0.29, 0.717) is 46.5 Å². The number of hydrogen-bond acceptors (Lipinski definition) is 7. The molecule has 3 atom stereocenters. The average molecular weight is 626 g/mol. The van der Waals surface area contributed by atoms with Crippen molar-refractivity contribution in [2.75, 3.05) is 13.7 Å². The van der Waals surface area contributed by atoms with Crippen LogP contribution in [0.2, 0.25) is 0 Å². The van der Waals surface area contributed by atoms with Crippen LogP contribution in [-0.4, -0.2) is 64.1 Å². The summed E-state index contributed by atoms with van der Waals surface area (Å²) in [6.45, 7) is 1.48. The first-order valence-electron chi connectivity index (χ1n) is 15.4. The highest BCUT2D eigenvalue weighted by Crippen LogP contribution is 2.40. The first-order valence-corrected chi connectivity index (χ1v) is 16.9. The molecular formula is C33H35N7O4S. The van der Waals surface area contributed by atoms with Gasteiger partial charge >= 0.3 is 0 Å². The van der Waals surface area contributed by atoms with Gasteiger partial charge in [0.1, 0.15) is 16.9 Å². The number of aryl methyl sites for hydroxylation is 1. The predicted octanol–water partition coefficient (Wildman–Crippen LogP) is 3.88. The van der Waals surface area contributed by atoms with Crippen molar-refractivity contribution in [3.05, 3.63) is 60.2 Å². The number of primary sulfonamides is 1. The van der Waals surface area contributed by atoms with Crippen LogP contribution in [-0.2, 0) is 23.6 Å². The number of benzene rings is 2. The molecule has 11 nitrogen and oxygen atoms in total. The van der Waals surface area contributed by atoms with Gasteiger partial charge in [0.2, 0.25) is 10.0 Å². The number of ether oxygens (including phenoxy) is 1. The highest BCUT2D eigenvalue weighted by atomic mass is 32.2. The van der Waals surface area contributed by atoms with Crippen LogP contribution in [0.25, 0.3) is 44.8 Å². The molecule has 2 aliphatic carbocycles. The number of amides is 1. The fourth-order valence-corrected chi connectivity index (χ4v) is 7.88. The van der Waals surface area contributed by atoms with E-state index < -0.39 is 10.0 Å². The summed E-state index contributed by atoms with van der Waals surface area (Å²) >= 11 is 0. The maximum Gasteiger partial charge on any atom is 0.254 e. The van der Waals surface area contributed by atoms with E-state index in [1.165, 1.54) is 6.07 Å². The summed E-state index contributed by atoms with van der Waals surface area (Å²) in [7, 11) is -0.272. The zero-order valence-electron chi connectivity index (χ0n) is 25.2. The number of nitrogens with zero attached hydrogens (tertiary/aromatic N) is 5. The van der Waals surface area contributed by atoms with Crippen LogP contribution < -0.4 is 15.6 Å². The van der Waals surface area contributed by atoms with E-state index in [2.05, 4.69) is 10.6 Å². The third-order valence-electron chi connectivity index (χ3n) is 9.88. The number of pyridine rings is 1. The molecule has 2 saturated carbocycles. The Morgan fingerprint density at radius 2 is 1.87 bits per heavy atom. The van der Waals surface area contributed by atoms with Gasteiger partial charge in [-0.25, -0.2) is 23.5 Å². The monoisotopic (exact) mass is 625 g/mol. The van der Waals surface area contributed by atoms with Crippen LogP contribution in [0.15, 0.2) is 59.5 Å². The smallest absolute Gasteiger partial charge is 0.254 e. The average Bonchev–Trinajstić information content (AvgIpc) is 3.44. The van der Waals surface area contributed by atoms with Crippen molar-refractivity contribution >= 4 is 38.0 Å². The second-order valence-corrected chi connectivity index (χ2v) is 14.3. The molecule has 4 heterocycles. The first-order chi connectivity index (χ1) is 21.6. The lowest BCUT2D eigenvalue weighted by molar-refractivity contribution is 0.0700. The van der Waals surface area contributed by atoms with Gasteiger partial charge in [-0.15, -0.1) is 0 Å². The summed E-state index contributed by atoms with van der Waals surface area (Å²) in [5, 5.41) is 6.35. The van der Waals surface area contributed by atoms with Crippen molar-refractivity contribution in [2.45, 2.75) is 49.2 Å². The Bertz CT molecular complexity index is 2130. The van der Waals surface area contributed by atoms with Crippen molar-refractivity contribution in [1.82, 2.24) is 24.0 Å². The molecule has 1 aliphatic heterocycles. The molecule has 45 heavy (non-hydrogen) atoms. The molecule has 5 aromatic rings. The van der Waals surface area contributed by atoms with Gasteiger partial charge in [-0.05, 0) is 80.0 Å². The minimum Gasteiger partial charge on any atom is -0.494 e. The number of fused-ring (bicyclic) bond motifs is 4. The second-order valence-electron chi connectivity index (χ2n) is 12.7. The van der Waals surface area contributed by atoms with Crippen molar-refractivity contribution in [3.8, 4) is 28.5 Å². The maximum absolute atomic E-state index is 13.7. The Labute approximate surface area is 260 Å². The van der Waals surface area contributed by atoms with Gasteiger partial charge in [-0.3, -0.25) is 4.79 Å². The van der Waals surface area contributed by atoms with Crippen LogP contribution in [0.5, 0.6) is 5.75 Å². The lowest BCUT2D eigenvalue weighted by atomic mass is 10.1. The van der Waals surface area contributed by atoms with Gasteiger partial charge in [0.25, 0.3) is 5.91 Å². The summed E-state index contributed by atoms with van der Waals surface area (Å²) in [6, 6.07) is 16.3. The molecule has 0 radical (unpaired) electrons. The number of likely N-dealkylation sites (tertiary alicyclic amines) is 1. The Hall–Kier alpha value is -4.26. The topological polar surface area (TPSA) is 151 Å². The third-order valence-corrected chi connectivity index (χ3v) is 10.8. The van der Waals surface area contributed by atoms with E-state index in [4.69, 9.17) is 25.6 Å². The number of methoxy groups -OCH3 is 1. The molecule has 3 unspecified atom stereocenters. The maximum atomic E-state index is 13.7. The van der Waals surface area contributed by atoms with E-state index in [9.17, 15) is 13.2 Å². The van der Waals surface area contributed by atoms with Crippen molar-refractivity contribution in [2.24, 2.45) is 29.8 Å². The van der Waals surface area contributed by atoms with E-state index >= 15 is 0 Å².